The molecule has 0 spiro atoms. The van der Waals surface area contributed by atoms with Gasteiger partial charge in [0.15, 0.2) is 20.5 Å². The molecule has 5 rings (SSSR count). The lowest BCUT2D eigenvalue weighted by atomic mass is 9.86. The fourth-order valence-corrected chi connectivity index (χ4v) is 7.36. The van der Waals surface area contributed by atoms with Crippen LogP contribution < -0.4 is 0 Å². The van der Waals surface area contributed by atoms with Crippen molar-refractivity contribution in [2.45, 2.75) is 64.5 Å². The molecule has 0 N–H and O–H groups in total. The van der Waals surface area contributed by atoms with Crippen molar-refractivity contribution in [1.29, 1.82) is 0 Å². The quantitative estimate of drug-likeness (QED) is 0.146. The Hall–Kier alpha value is -3.53. The maximum atomic E-state index is 13.0. The first-order chi connectivity index (χ1) is 19.2. The van der Waals surface area contributed by atoms with Crippen molar-refractivity contribution >= 4 is 28.4 Å². The van der Waals surface area contributed by atoms with Crippen LogP contribution >= 0.6 is 11.8 Å². The normalized spacial score (nSPS) is 11.6. The first kappa shape index (κ1) is 28.0. The molecule has 0 aliphatic heterocycles. The van der Waals surface area contributed by atoms with Gasteiger partial charge in [-0.15, -0.1) is 0 Å². The van der Waals surface area contributed by atoms with Gasteiger partial charge in [0.2, 0.25) is 0 Å². The molecule has 5 aromatic rings. The number of rotatable bonds is 7. The van der Waals surface area contributed by atoms with E-state index in [1.54, 1.807) is 11.8 Å². The molecule has 0 aliphatic rings. The Morgan fingerprint density at radius 1 is 0.525 bits per heavy atom. The van der Waals surface area contributed by atoms with Crippen LogP contribution in [0.1, 0.15) is 53.4 Å². The molecule has 0 radical (unpaired) electrons. The topological polar surface area (TPSA) is 17.1 Å². The van der Waals surface area contributed by atoms with E-state index in [0.29, 0.717) is 5.56 Å². The fraction of sp³-hybridized carbons (Fsp3) is 0.162. The molecule has 0 amide bonds. The van der Waals surface area contributed by atoms with Gasteiger partial charge in [-0.1, -0.05) is 92.2 Å². The van der Waals surface area contributed by atoms with E-state index in [1.165, 1.54) is 36.3 Å². The van der Waals surface area contributed by atoms with E-state index in [0.717, 1.165) is 10.5 Å². The lowest BCUT2D eigenvalue weighted by Gasteiger charge is -2.19. The van der Waals surface area contributed by atoms with Crippen molar-refractivity contribution in [3.05, 3.63) is 149 Å². The monoisotopic (exact) mass is 559 g/mol. The van der Waals surface area contributed by atoms with Crippen molar-refractivity contribution < 1.29 is 4.79 Å². The number of carbonyl (C=O) groups excluding carboxylic acids is 1. The standard InChI is InChI=1S/C37H35OS2/c1-26-6-20-33(21-7-26)40(34-22-8-27(2)9-23-34)35-24-18-32(19-25-35)39-31-16-12-29(13-17-31)36(38)28-10-14-30(15-11-28)37(3,4)5/h6-25H,1-5H3/q+1. The molecule has 0 heterocycles. The van der Waals surface area contributed by atoms with Gasteiger partial charge in [0, 0.05) is 20.9 Å². The molecule has 0 fully saturated rings. The Morgan fingerprint density at radius 3 is 1.27 bits per heavy atom. The highest BCUT2D eigenvalue weighted by Crippen LogP contribution is 2.34. The van der Waals surface area contributed by atoms with E-state index in [-0.39, 0.29) is 22.1 Å². The molecule has 0 saturated heterocycles. The van der Waals surface area contributed by atoms with Gasteiger partial charge in [0.05, 0.1) is 10.9 Å². The second kappa shape index (κ2) is 11.9. The molecule has 0 unspecified atom stereocenters. The Balaban J connectivity index is 1.32. The van der Waals surface area contributed by atoms with Gasteiger partial charge in [-0.3, -0.25) is 4.79 Å². The predicted molar refractivity (Wildman–Crippen MR) is 170 cm³/mol. The van der Waals surface area contributed by atoms with Gasteiger partial charge >= 0.3 is 0 Å². The van der Waals surface area contributed by atoms with Crippen molar-refractivity contribution in [2.24, 2.45) is 0 Å². The number of hydrogen-bond acceptors (Lipinski definition) is 2. The summed E-state index contributed by atoms with van der Waals surface area (Å²) in [4.78, 5) is 19.3. The SMILES string of the molecule is Cc1ccc([S+](c2ccc(C)cc2)c2ccc(Sc3ccc(C(=O)c4ccc(C(C)(C)C)cc4)cc3)cc2)cc1. The molecule has 0 aliphatic carbocycles. The lowest BCUT2D eigenvalue weighted by molar-refractivity contribution is 0.103. The Bertz CT molecular complexity index is 1530. The zero-order chi connectivity index (χ0) is 28.3. The number of benzene rings is 5. The molecule has 5 aromatic carbocycles. The third-order valence-corrected chi connectivity index (χ3v) is 10.2. The van der Waals surface area contributed by atoms with Gasteiger partial charge in [-0.25, -0.2) is 0 Å². The van der Waals surface area contributed by atoms with Crippen molar-refractivity contribution in [2.75, 3.05) is 0 Å². The number of carbonyl (C=O) groups is 1. The summed E-state index contributed by atoms with van der Waals surface area (Å²) in [5, 5.41) is 0. The van der Waals surface area contributed by atoms with Crippen LogP contribution in [0, 0.1) is 13.8 Å². The van der Waals surface area contributed by atoms with Crippen LogP contribution in [0.3, 0.4) is 0 Å². The molecular formula is C37H35OS2+. The molecule has 0 atom stereocenters. The Labute approximate surface area is 246 Å². The summed E-state index contributed by atoms with van der Waals surface area (Å²) in [6.45, 7) is 10.8. The minimum atomic E-state index is -0.166. The maximum absolute atomic E-state index is 13.0. The molecule has 200 valence electrons. The van der Waals surface area contributed by atoms with Gasteiger partial charge in [0.25, 0.3) is 0 Å². The number of hydrogen-bond donors (Lipinski definition) is 0. The summed E-state index contributed by atoms with van der Waals surface area (Å²) < 4.78 is 0. The highest BCUT2D eigenvalue weighted by atomic mass is 32.2. The largest absolute Gasteiger partial charge is 0.289 e. The Morgan fingerprint density at radius 2 is 0.875 bits per heavy atom. The minimum Gasteiger partial charge on any atom is -0.289 e. The molecule has 3 heteroatoms. The Kier molecular flexibility index (Phi) is 8.35. The summed E-state index contributed by atoms with van der Waals surface area (Å²) >= 11 is 1.72. The second-order valence-electron chi connectivity index (χ2n) is 11.2. The van der Waals surface area contributed by atoms with Crippen LogP contribution in [0.4, 0.5) is 0 Å². The minimum absolute atomic E-state index is 0.0561. The van der Waals surface area contributed by atoms with Gasteiger partial charge in [-0.2, -0.15) is 0 Å². The average molecular weight is 560 g/mol. The smallest absolute Gasteiger partial charge is 0.193 e. The van der Waals surface area contributed by atoms with Crippen LogP contribution in [0.2, 0.25) is 0 Å². The predicted octanol–water partition coefficient (Wildman–Crippen LogP) is 10.1. The van der Waals surface area contributed by atoms with Gasteiger partial charge in [-0.05, 0) is 97.6 Å². The third-order valence-electron chi connectivity index (χ3n) is 6.94. The fourth-order valence-electron chi connectivity index (χ4n) is 4.50. The van der Waals surface area contributed by atoms with E-state index in [9.17, 15) is 4.79 Å². The highest BCUT2D eigenvalue weighted by molar-refractivity contribution is 7.99. The summed E-state index contributed by atoms with van der Waals surface area (Å²) in [5.41, 5.74) is 5.28. The van der Waals surface area contributed by atoms with Crippen LogP contribution in [-0.2, 0) is 16.3 Å². The van der Waals surface area contributed by atoms with E-state index in [4.69, 9.17) is 0 Å². The zero-order valence-electron chi connectivity index (χ0n) is 23.8. The van der Waals surface area contributed by atoms with E-state index in [1.807, 2.05) is 36.4 Å². The second-order valence-corrected chi connectivity index (χ2v) is 14.4. The molecule has 0 saturated carbocycles. The van der Waals surface area contributed by atoms with Crippen molar-refractivity contribution in [3.63, 3.8) is 0 Å². The summed E-state index contributed by atoms with van der Waals surface area (Å²) in [6.07, 6.45) is 0. The van der Waals surface area contributed by atoms with E-state index in [2.05, 4.69) is 120 Å². The molecule has 40 heavy (non-hydrogen) atoms. The maximum Gasteiger partial charge on any atom is 0.193 e. The molecular weight excluding hydrogens is 525 g/mol. The molecule has 0 bridgehead atoms. The summed E-state index contributed by atoms with van der Waals surface area (Å²) in [6, 6.07) is 42.7. The van der Waals surface area contributed by atoms with Gasteiger partial charge in [0.1, 0.15) is 0 Å². The van der Waals surface area contributed by atoms with Crippen LogP contribution in [0.15, 0.2) is 146 Å². The molecule has 0 aromatic heterocycles. The van der Waals surface area contributed by atoms with Crippen molar-refractivity contribution in [1.82, 2.24) is 0 Å². The van der Waals surface area contributed by atoms with E-state index < -0.39 is 0 Å². The van der Waals surface area contributed by atoms with Crippen LogP contribution in [0.5, 0.6) is 0 Å². The van der Waals surface area contributed by atoms with Gasteiger partial charge < -0.3 is 0 Å². The lowest BCUT2D eigenvalue weighted by Crippen LogP contribution is -2.11. The highest BCUT2D eigenvalue weighted by Gasteiger charge is 2.28. The first-order valence-electron chi connectivity index (χ1n) is 13.6. The first-order valence-corrected chi connectivity index (χ1v) is 15.6. The van der Waals surface area contributed by atoms with Crippen molar-refractivity contribution in [3.8, 4) is 0 Å². The number of ketones is 1. The van der Waals surface area contributed by atoms with Crippen LogP contribution in [0.25, 0.3) is 0 Å². The summed E-state index contributed by atoms with van der Waals surface area (Å²) in [5.74, 6) is 0.0561. The molecule has 1 nitrogen and oxygen atoms in total. The summed E-state index contributed by atoms with van der Waals surface area (Å²) in [7, 11) is -0.166. The van der Waals surface area contributed by atoms with Crippen LogP contribution in [-0.4, -0.2) is 5.78 Å². The number of aryl methyl sites for hydroxylation is 2. The van der Waals surface area contributed by atoms with E-state index >= 15 is 0 Å². The average Bonchev–Trinajstić information content (AvgIpc) is 2.96. The third kappa shape index (κ3) is 6.60. The zero-order valence-corrected chi connectivity index (χ0v) is 25.4.